The maximum absolute atomic E-state index is 12.3. The summed E-state index contributed by atoms with van der Waals surface area (Å²) in [4.78, 5) is 30.3. The molecule has 6 nitrogen and oxygen atoms in total. The van der Waals surface area contributed by atoms with E-state index in [1.165, 1.54) is 0 Å². The molecule has 1 saturated heterocycles. The molecular formula is C18H19N3O3. The normalized spacial score (nSPS) is 17.0. The summed E-state index contributed by atoms with van der Waals surface area (Å²) >= 11 is 0. The summed E-state index contributed by atoms with van der Waals surface area (Å²) in [6.07, 6.45) is 1.91. The largest absolute Gasteiger partial charge is 0.497 e. The second-order valence-electron chi connectivity index (χ2n) is 5.64. The summed E-state index contributed by atoms with van der Waals surface area (Å²) in [5, 5.41) is 2.85. The molecule has 0 saturated carbocycles. The van der Waals surface area contributed by atoms with Crippen molar-refractivity contribution in [2.45, 2.75) is 13.0 Å². The number of rotatable bonds is 5. The molecule has 2 heterocycles. The molecule has 0 spiro atoms. The third-order valence-electron chi connectivity index (χ3n) is 4.05. The Hall–Kier alpha value is -2.89. The van der Waals surface area contributed by atoms with E-state index in [-0.39, 0.29) is 24.2 Å². The number of nitrogens with zero attached hydrogens (tertiary/aromatic N) is 2. The molecule has 2 amide bonds. The smallest absolute Gasteiger partial charge is 0.227 e. The third-order valence-corrected chi connectivity index (χ3v) is 4.05. The number of carbonyl (C=O) groups excluding carboxylic acids is 2. The van der Waals surface area contributed by atoms with E-state index in [1.54, 1.807) is 30.3 Å². The fraction of sp³-hybridized carbons (Fsp3) is 0.278. The molecule has 1 atom stereocenters. The van der Waals surface area contributed by atoms with E-state index >= 15 is 0 Å². The highest BCUT2D eigenvalue weighted by Gasteiger charge is 2.34. The summed E-state index contributed by atoms with van der Waals surface area (Å²) in [7, 11) is 1.60. The first-order chi connectivity index (χ1) is 11.7. The Kier molecular flexibility index (Phi) is 4.74. The lowest BCUT2D eigenvalue weighted by atomic mass is 10.1. The van der Waals surface area contributed by atoms with Crippen LogP contribution in [0.5, 0.6) is 5.75 Å². The van der Waals surface area contributed by atoms with E-state index in [2.05, 4.69) is 10.3 Å². The monoisotopic (exact) mass is 325 g/mol. The first-order valence-corrected chi connectivity index (χ1v) is 7.79. The lowest BCUT2D eigenvalue weighted by Crippen LogP contribution is -2.32. The highest BCUT2D eigenvalue weighted by molar-refractivity contribution is 6.00. The van der Waals surface area contributed by atoms with E-state index in [0.29, 0.717) is 13.1 Å². The van der Waals surface area contributed by atoms with Crippen LogP contribution in [0.4, 0.5) is 5.69 Å². The molecule has 2 aromatic rings. The van der Waals surface area contributed by atoms with Crippen LogP contribution in [0.1, 0.15) is 12.1 Å². The van der Waals surface area contributed by atoms with Crippen molar-refractivity contribution in [1.82, 2.24) is 10.3 Å². The van der Waals surface area contributed by atoms with E-state index in [4.69, 9.17) is 4.74 Å². The summed E-state index contributed by atoms with van der Waals surface area (Å²) in [5.74, 6) is 0.224. The molecule has 24 heavy (non-hydrogen) atoms. The summed E-state index contributed by atoms with van der Waals surface area (Å²) in [5.41, 5.74) is 1.57. The molecule has 1 aromatic carbocycles. The average molecular weight is 325 g/mol. The minimum atomic E-state index is -0.344. The Balaban J connectivity index is 1.60. The molecule has 1 aromatic heterocycles. The van der Waals surface area contributed by atoms with Gasteiger partial charge in [0.1, 0.15) is 5.75 Å². The van der Waals surface area contributed by atoms with Crippen LogP contribution in [-0.4, -0.2) is 30.5 Å². The first-order valence-electron chi connectivity index (χ1n) is 7.79. The number of carbonyl (C=O) groups is 2. The zero-order valence-electron chi connectivity index (χ0n) is 13.4. The van der Waals surface area contributed by atoms with Crippen LogP contribution in [0.25, 0.3) is 0 Å². The molecule has 124 valence electrons. The molecule has 0 aliphatic carbocycles. The van der Waals surface area contributed by atoms with Gasteiger partial charge in [-0.1, -0.05) is 6.07 Å². The Morgan fingerprint density at radius 3 is 2.75 bits per heavy atom. The Bertz CT molecular complexity index is 716. The van der Waals surface area contributed by atoms with Crippen molar-refractivity contribution in [3.63, 3.8) is 0 Å². The Morgan fingerprint density at radius 1 is 1.29 bits per heavy atom. The highest BCUT2D eigenvalue weighted by Crippen LogP contribution is 2.26. The molecule has 1 N–H and O–H groups in total. The molecular weight excluding hydrogens is 306 g/mol. The van der Waals surface area contributed by atoms with Crippen LogP contribution in [0.2, 0.25) is 0 Å². The number of nitrogens with one attached hydrogen (secondary N) is 1. The number of benzene rings is 1. The van der Waals surface area contributed by atoms with Gasteiger partial charge in [0.25, 0.3) is 0 Å². The van der Waals surface area contributed by atoms with Crippen LogP contribution in [0, 0.1) is 5.92 Å². The lowest BCUT2D eigenvalue weighted by Gasteiger charge is -2.17. The van der Waals surface area contributed by atoms with Gasteiger partial charge in [-0.05, 0) is 36.4 Å². The predicted octanol–water partition coefficient (Wildman–Crippen LogP) is 1.76. The zero-order valence-corrected chi connectivity index (χ0v) is 13.4. The molecule has 0 unspecified atom stereocenters. The quantitative estimate of drug-likeness (QED) is 0.909. The number of anilines is 1. The van der Waals surface area contributed by atoms with Crippen LogP contribution in [0.15, 0.2) is 48.7 Å². The fourth-order valence-electron chi connectivity index (χ4n) is 2.72. The standard InChI is InChI=1S/C18H19N3O3/c1-24-16-7-5-15(6-8-16)21-12-13(10-17(21)22)18(23)20-11-14-4-2-3-9-19-14/h2-9,13H,10-12H2,1H3,(H,20,23)/t13-/m1/s1. The van der Waals surface area contributed by atoms with Crippen molar-refractivity contribution in [1.29, 1.82) is 0 Å². The van der Waals surface area contributed by atoms with Crippen molar-refractivity contribution in [3.05, 3.63) is 54.4 Å². The van der Waals surface area contributed by atoms with Crippen LogP contribution in [-0.2, 0) is 16.1 Å². The van der Waals surface area contributed by atoms with Gasteiger partial charge in [-0.3, -0.25) is 14.6 Å². The third kappa shape index (κ3) is 3.53. The average Bonchev–Trinajstić information content (AvgIpc) is 3.02. The van der Waals surface area contributed by atoms with Crippen molar-refractivity contribution < 1.29 is 14.3 Å². The molecule has 1 fully saturated rings. The summed E-state index contributed by atoms with van der Waals surface area (Å²) in [6.45, 7) is 0.756. The van der Waals surface area contributed by atoms with E-state index in [9.17, 15) is 9.59 Å². The lowest BCUT2D eigenvalue weighted by molar-refractivity contribution is -0.126. The molecule has 1 aliphatic heterocycles. The van der Waals surface area contributed by atoms with Gasteiger partial charge in [0.15, 0.2) is 0 Å². The second-order valence-corrected chi connectivity index (χ2v) is 5.64. The Morgan fingerprint density at radius 2 is 2.08 bits per heavy atom. The molecule has 0 radical (unpaired) electrons. The summed E-state index contributed by atoms with van der Waals surface area (Å²) < 4.78 is 5.12. The van der Waals surface area contributed by atoms with E-state index < -0.39 is 0 Å². The van der Waals surface area contributed by atoms with Gasteiger partial charge in [-0.2, -0.15) is 0 Å². The van der Waals surface area contributed by atoms with Crippen molar-refractivity contribution >= 4 is 17.5 Å². The van der Waals surface area contributed by atoms with Crippen molar-refractivity contribution in [2.24, 2.45) is 5.92 Å². The summed E-state index contributed by atoms with van der Waals surface area (Å²) in [6, 6.07) is 12.8. The molecule has 1 aliphatic rings. The maximum atomic E-state index is 12.3. The van der Waals surface area contributed by atoms with Gasteiger partial charge in [-0.25, -0.2) is 0 Å². The van der Waals surface area contributed by atoms with Crippen molar-refractivity contribution in [3.8, 4) is 5.75 Å². The first kappa shape index (κ1) is 16.0. The van der Waals surface area contributed by atoms with E-state index in [1.807, 2.05) is 30.3 Å². The minimum Gasteiger partial charge on any atom is -0.497 e. The van der Waals surface area contributed by atoms with Gasteiger partial charge in [0.2, 0.25) is 11.8 Å². The van der Waals surface area contributed by atoms with Crippen LogP contribution >= 0.6 is 0 Å². The second kappa shape index (κ2) is 7.12. The number of methoxy groups -OCH3 is 1. The number of hydrogen-bond acceptors (Lipinski definition) is 4. The minimum absolute atomic E-state index is 0.0434. The van der Waals surface area contributed by atoms with Crippen LogP contribution in [0.3, 0.4) is 0 Å². The van der Waals surface area contributed by atoms with Crippen molar-refractivity contribution in [2.75, 3.05) is 18.6 Å². The number of pyridine rings is 1. The van der Waals surface area contributed by atoms with Gasteiger partial charge in [0, 0.05) is 24.8 Å². The van der Waals surface area contributed by atoms with Gasteiger partial charge < -0.3 is 15.0 Å². The number of aromatic nitrogens is 1. The fourth-order valence-corrected chi connectivity index (χ4v) is 2.72. The number of amides is 2. The Labute approximate surface area is 140 Å². The molecule has 6 heteroatoms. The maximum Gasteiger partial charge on any atom is 0.227 e. The highest BCUT2D eigenvalue weighted by atomic mass is 16.5. The van der Waals surface area contributed by atoms with E-state index in [0.717, 1.165) is 17.1 Å². The zero-order chi connectivity index (χ0) is 16.9. The number of ether oxygens (including phenoxy) is 1. The van der Waals surface area contributed by atoms with Crippen LogP contribution < -0.4 is 15.0 Å². The number of hydrogen-bond donors (Lipinski definition) is 1. The van der Waals surface area contributed by atoms with Gasteiger partial charge in [-0.15, -0.1) is 0 Å². The van der Waals surface area contributed by atoms with Gasteiger partial charge in [0.05, 0.1) is 25.3 Å². The topological polar surface area (TPSA) is 71.5 Å². The molecule has 0 bridgehead atoms. The SMILES string of the molecule is COc1ccc(N2C[C@H](C(=O)NCc3ccccn3)CC2=O)cc1. The predicted molar refractivity (Wildman–Crippen MR) is 89.5 cm³/mol. The molecule has 3 rings (SSSR count). The van der Waals surface area contributed by atoms with Gasteiger partial charge >= 0.3 is 0 Å².